The van der Waals surface area contributed by atoms with Gasteiger partial charge in [0.05, 0.1) is 11.9 Å². The van der Waals surface area contributed by atoms with E-state index in [-0.39, 0.29) is 36.5 Å². The zero-order valence-electron chi connectivity index (χ0n) is 16.0. The maximum Gasteiger partial charge on any atom is 0.437 e. The Kier molecular flexibility index (Phi) is 5.03. The van der Waals surface area contributed by atoms with Gasteiger partial charge in [-0.3, -0.25) is 9.48 Å². The summed E-state index contributed by atoms with van der Waals surface area (Å²) in [5, 5.41) is 14.9. The van der Waals surface area contributed by atoms with Crippen LogP contribution in [0.2, 0.25) is 0 Å². The molecule has 3 aromatic heterocycles. The number of rotatable bonds is 4. The number of anilines is 2. The molecular formula is C17H17F5N8O. The van der Waals surface area contributed by atoms with E-state index in [1.54, 1.807) is 0 Å². The van der Waals surface area contributed by atoms with E-state index in [9.17, 15) is 26.7 Å². The van der Waals surface area contributed by atoms with E-state index >= 15 is 0 Å². The summed E-state index contributed by atoms with van der Waals surface area (Å²) in [6, 6.07) is 0.205. The third kappa shape index (κ3) is 4.15. The standard InChI is InChI=1S/C17H17F5N8O/c1-29-8-10(13(28-29)17(20,21)22)25-15(31)9-6-24-30-5-2-12(27-14(9)30)26-11-7-23-4-3-16(11,18)19/h2,5-6,8,11,23H,3-4,7H2,1H3,(H,25,31)(H,26,27). The number of hydrogen-bond donors (Lipinski definition) is 3. The summed E-state index contributed by atoms with van der Waals surface area (Å²) in [5.41, 5.74) is -1.91. The molecule has 1 amide bonds. The number of carbonyl (C=O) groups is 1. The predicted molar refractivity (Wildman–Crippen MR) is 99.0 cm³/mol. The largest absolute Gasteiger partial charge is 0.437 e. The number of nitrogens with one attached hydrogen (secondary N) is 3. The SMILES string of the molecule is Cn1cc(NC(=O)c2cnn3ccc(NC4CNCCC4(F)F)nc23)c(C(F)(F)F)n1. The highest BCUT2D eigenvalue weighted by Crippen LogP contribution is 2.33. The molecule has 166 valence electrons. The van der Waals surface area contributed by atoms with Crippen LogP contribution in [0.4, 0.5) is 33.5 Å². The van der Waals surface area contributed by atoms with Crippen LogP contribution < -0.4 is 16.0 Å². The van der Waals surface area contributed by atoms with E-state index in [2.05, 4.69) is 31.1 Å². The van der Waals surface area contributed by atoms with E-state index in [4.69, 9.17) is 0 Å². The van der Waals surface area contributed by atoms with Crippen LogP contribution in [0.3, 0.4) is 0 Å². The van der Waals surface area contributed by atoms with Crippen molar-refractivity contribution in [2.45, 2.75) is 24.6 Å². The lowest BCUT2D eigenvalue weighted by Crippen LogP contribution is -2.52. The highest BCUT2D eigenvalue weighted by atomic mass is 19.4. The summed E-state index contributed by atoms with van der Waals surface area (Å²) in [6.07, 6.45) is -1.55. The zero-order valence-corrected chi connectivity index (χ0v) is 16.0. The van der Waals surface area contributed by atoms with Gasteiger partial charge in [0.25, 0.3) is 11.8 Å². The molecule has 31 heavy (non-hydrogen) atoms. The summed E-state index contributed by atoms with van der Waals surface area (Å²) in [4.78, 5) is 16.8. The first-order chi connectivity index (χ1) is 14.5. The van der Waals surface area contributed by atoms with Crippen molar-refractivity contribution in [3.8, 4) is 0 Å². The Labute approximate surface area is 171 Å². The number of halogens is 5. The van der Waals surface area contributed by atoms with Gasteiger partial charge in [0, 0.05) is 39.0 Å². The fourth-order valence-electron chi connectivity index (χ4n) is 3.25. The second kappa shape index (κ2) is 7.44. The molecule has 0 bridgehead atoms. The van der Waals surface area contributed by atoms with Crippen LogP contribution in [0.15, 0.2) is 24.7 Å². The van der Waals surface area contributed by atoms with Crippen LogP contribution in [0.25, 0.3) is 5.65 Å². The first-order valence-corrected chi connectivity index (χ1v) is 9.16. The lowest BCUT2D eigenvalue weighted by atomic mass is 10.0. The van der Waals surface area contributed by atoms with E-state index < -0.39 is 35.4 Å². The Hall–Kier alpha value is -3.29. The molecule has 4 heterocycles. The van der Waals surface area contributed by atoms with Gasteiger partial charge in [-0.25, -0.2) is 18.3 Å². The first kappa shape index (κ1) is 21.0. The maximum atomic E-state index is 14.1. The summed E-state index contributed by atoms with van der Waals surface area (Å²) >= 11 is 0. The number of alkyl halides is 5. The third-order valence-electron chi connectivity index (χ3n) is 4.77. The molecule has 0 aromatic carbocycles. The molecule has 3 N–H and O–H groups in total. The van der Waals surface area contributed by atoms with Gasteiger partial charge in [-0.2, -0.15) is 23.4 Å². The quantitative estimate of drug-likeness (QED) is 0.533. The average molecular weight is 444 g/mol. The predicted octanol–water partition coefficient (Wildman–Crippen LogP) is 2.14. The number of carbonyl (C=O) groups excluding carboxylic acids is 1. The molecule has 1 unspecified atom stereocenters. The number of fused-ring (bicyclic) bond motifs is 1. The van der Waals surface area contributed by atoms with Crippen molar-refractivity contribution in [2.75, 3.05) is 23.7 Å². The minimum atomic E-state index is -4.76. The fraction of sp³-hybridized carbons (Fsp3) is 0.412. The molecule has 0 spiro atoms. The summed E-state index contributed by atoms with van der Waals surface area (Å²) in [7, 11) is 1.29. The molecular weight excluding hydrogens is 427 g/mol. The van der Waals surface area contributed by atoms with Crippen molar-refractivity contribution in [2.24, 2.45) is 7.05 Å². The number of nitrogens with zero attached hydrogens (tertiary/aromatic N) is 5. The van der Waals surface area contributed by atoms with Crippen LogP contribution in [0.5, 0.6) is 0 Å². The second-order valence-electron chi connectivity index (χ2n) is 7.07. The summed E-state index contributed by atoms with van der Waals surface area (Å²) in [5.74, 6) is -3.77. The van der Waals surface area contributed by atoms with Crippen molar-refractivity contribution in [3.05, 3.63) is 35.9 Å². The molecule has 1 fully saturated rings. The molecule has 1 saturated heterocycles. The molecule has 1 aliphatic heterocycles. The van der Waals surface area contributed by atoms with Crippen LogP contribution >= 0.6 is 0 Å². The Morgan fingerprint density at radius 2 is 2.13 bits per heavy atom. The van der Waals surface area contributed by atoms with Gasteiger partial charge in [0.1, 0.15) is 17.4 Å². The molecule has 1 atom stereocenters. The van der Waals surface area contributed by atoms with Crippen molar-refractivity contribution >= 4 is 23.1 Å². The Morgan fingerprint density at radius 3 is 2.84 bits per heavy atom. The van der Waals surface area contributed by atoms with Gasteiger partial charge < -0.3 is 16.0 Å². The zero-order chi connectivity index (χ0) is 22.4. The van der Waals surface area contributed by atoms with Gasteiger partial charge in [-0.1, -0.05) is 0 Å². The van der Waals surface area contributed by atoms with E-state index in [0.717, 1.165) is 17.1 Å². The summed E-state index contributed by atoms with van der Waals surface area (Å²) in [6.45, 7) is 0.215. The van der Waals surface area contributed by atoms with Crippen LogP contribution in [-0.4, -0.2) is 55.3 Å². The smallest absolute Gasteiger partial charge is 0.360 e. The van der Waals surface area contributed by atoms with E-state index in [0.29, 0.717) is 0 Å². The molecule has 0 aliphatic carbocycles. The number of hydrogen-bond acceptors (Lipinski definition) is 6. The van der Waals surface area contributed by atoms with E-state index in [1.807, 2.05) is 0 Å². The average Bonchev–Trinajstić information content (AvgIpc) is 3.26. The van der Waals surface area contributed by atoms with Crippen LogP contribution in [-0.2, 0) is 13.2 Å². The lowest BCUT2D eigenvalue weighted by molar-refractivity contribution is -0.140. The third-order valence-corrected chi connectivity index (χ3v) is 4.77. The van der Waals surface area contributed by atoms with Gasteiger partial charge in [0.15, 0.2) is 11.3 Å². The number of amides is 1. The second-order valence-corrected chi connectivity index (χ2v) is 7.07. The van der Waals surface area contributed by atoms with Gasteiger partial charge >= 0.3 is 6.18 Å². The topological polar surface area (TPSA) is 101 Å². The minimum absolute atomic E-state index is 0.00738. The Bertz CT molecular complexity index is 1120. The molecule has 3 aromatic rings. The van der Waals surface area contributed by atoms with Crippen LogP contribution in [0, 0.1) is 0 Å². The van der Waals surface area contributed by atoms with Crippen molar-refractivity contribution < 1.29 is 26.7 Å². The van der Waals surface area contributed by atoms with Crippen LogP contribution in [0.1, 0.15) is 22.5 Å². The Balaban J connectivity index is 1.60. The molecule has 0 radical (unpaired) electrons. The molecule has 9 nitrogen and oxygen atoms in total. The van der Waals surface area contributed by atoms with E-state index in [1.165, 1.54) is 23.8 Å². The highest BCUT2D eigenvalue weighted by molar-refractivity contribution is 6.08. The van der Waals surface area contributed by atoms with Crippen molar-refractivity contribution in [1.82, 2.24) is 29.7 Å². The number of aromatic nitrogens is 5. The molecule has 1 aliphatic rings. The van der Waals surface area contributed by atoms with Crippen molar-refractivity contribution in [3.63, 3.8) is 0 Å². The van der Waals surface area contributed by atoms with Gasteiger partial charge in [0.2, 0.25) is 0 Å². The maximum absolute atomic E-state index is 14.1. The van der Waals surface area contributed by atoms with Gasteiger partial charge in [-0.05, 0) is 6.07 Å². The fourth-order valence-corrected chi connectivity index (χ4v) is 3.25. The first-order valence-electron chi connectivity index (χ1n) is 9.16. The Morgan fingerprint density at radius 1 is 1.35 bits per heavy atom. The highest BCUT2D eigenvalue weighted by Gasteiger charge is 2.42. The lowest BCUT2D eigenvalue weighted by Gasteiger charge is -2.32. The van der Waals surface area contributed by atoms with Crippen molar-refractivity contribution in [1.29, 1.82) is 0 Å². The number of piperidine rings is 1. The monoisotopic (exact) mass is 444 g/mol. The van der Waals surface area contributed by atoms with Gasteiger partial charge in [-0.15, -0.1) is 0 Å². The molecule has 4 rings (SSSR count). The molecule has 0 saturated carbocycles. The minimum Gasteiger partial charge on any atom is -0.360 e. The molecule has 14 heteroatoms. The summed E-state index contributed by atoms with van der Waals surface area (Å²) < 4.78 is 69.6. The number of aryl methyl sites for hydroxylation is 1. The normalized spacial score (nSPS) is 18.8.